The molecule has 0 saturated carbocycles. The van der Waals surface area contributed by atoms with E-state index in [-0.39, 0.29) is 11.8 Å². The van der Waals surface area contributed by atoms with Crippen molar-refractivity contribution in [3.63, 3.8) is 0 Å². The van der Waals surface area contributed by atoms with Gasteiger partial charge < -0.3 is 14.8 Å². The van der Waals surface area contributed by atoms with Crippen LogP contribution in [0, 0.1) is 0 Å². The number of fused-ring (bicyclic) bond motifs is 3. The fourth-order valence-electron chi connectivity index (χ4n) is 3.33. The van der Waals surface area contributed by atoms with E-state index >= 15 is 0 Å². The number of ether oxygens (including phenoxy) is 2. The molecule has 0 aromatic heterocycles. The van der Waals surface area contributed by atoms with Crippen LogP contribution in [0.15, 0.2) is 52.4 Å². The zero-order valence-corrected chi connectivity index (χ0v) is 18.4. The zero-order chi connectivity index (χ0) is 22.1. The third kappa shape index (κ3) is 4.00. The summed E-state index contributed by atoms with van der Waals surface area (Å²) in [5.74, 6) is 1.30. The third-order valence-corrected chi connectivity index (χ3v) is 6.09. The number of thioether (sulfide) groups is 1. The Bertz CT molecular complexity index is 1090. The molecule has 2 aliphatic rings. The molecule has 0 radical (unpaired) electrons. The number of hydrogen-bond acceptors (Lipinski definition) is 7. The van der Waals surface area contributed by atoms with Crippen molar-refractivity contribution in [1.82, 2.24) is 4.90 Å². The number of carbonyl (C=O) groups excluding carboxylic acids is 2. The quantitative estimate of drug-likeness (QED) is 0.769. The van der Waals surface area contributed by atoms with E-state index in [1.54, 1.807) is 51.2 Å². The van der Waals surface area contributed by atoms with Crippen LogP contribution in [-0.4, -0.2) is 53.2 Å². The van der Waals surface area contributed by atoms with Gasteiger partial charge in [0.15, 0.2) is 5.17 Å². The first-order valence-electron chi connectivity index (χ1n) is 9.71. The minimum absolute atomic E-state index is 0.210. The Balaban J connectivity index is 1.56. The van der Waals surface area contributed by atoms with Crippen molar-refractivity contribution in [2.24, 2.45) is 9.98 Å². The van der Waals surface area contributed by atoms with Gasteiger partial charge in [0, 0.05) is 29.4 Å². The molecule has 9 heteroatoms. The minimum atomic E-state index is -0.481. The first-order chi connectivity index (χ1) is 14.9. The summed E-state index contributed by atoms with van der Waals surface area (Å²) in [6.07, 6.45) is 0. The van der Waals surface area contributed by atoms with Crippen LogP contribution in [0.5, 0.6) is 11.5 Å². The summed E-state index contributed by atoms with van der Waals surface area (Å²) in [4.78, 5) is 35.9. The van der Waals surface area contributed by atoms with Crippen molar-refractivity contribution in [2.45, 2.75) is 25.1 Å². The van der Waals surface area contributed by atoms with Gasteiger partial charge in [-0.25, -0.2) is 4.99 Å². The number of anilines is 1. The van der Waals surface area contributed by atoms with Gasteiger partial charge in [0.2, 0.25) is 5.91 Å². The van der Waals surface area contributed by atoms with Crippen LogP contribution in [0.1, 0.15) is 19.4 Å². The maximum atomic E-state index is 12.9. The number of amides is 2. The van der Waals surface area contributed by atoms with Crippen LogP contribution in [0.2, 0.25) is 0 Å². The van der Waals surface area contributed by atoms with Crippen LogP contribution in [0.4, 0.5) is 11.4 Å². The highest BCUT2D eigenvalue weighted by Gasteiger charge is 2.40. The number of para-hydroxylation sites is 1. The standard InChI is InChI=1S/C22H22N4O4S/c1-12-20(27)25-19-17-7-5-6-8-18(17)24-22(26(12)19)31-13(2)21(28)23-14-9-15(29-3)11-16(10-14)30-4/h5-13H,1-4H3,(H,23,28). The third-order valence-electron chi connectivity index (χ3n) is 5.03. The van der Waals surface area contributed by atoms with Gasteiger partial charge in [0.25, 0.3) is 5.91 Å². The van der Waals surface area contributed by atoms with Gasteiger partial charge in [-0.3, -0.25) is 14.5 Å². The second kappa shape index (κ2) is 8.43. The summed E-state index contributed by atoms with van der Waals surface area (Å²) in [6, 6.07) is 12.2. The van der Waals surface area contributed by atoms with Crippen molar-refractivity contribution >= 4 is 46.0 Å². The number of amidine groups is 2. The van der Waals surface area contributed by atoms with Gasteiger partial charge in [-0.05, 0) is 26.0 Å². The van der Waals surface area contributed by atoms with Crippen LogP contribution >= 0.6 is 11.8 Å². The van der Waals surface area contributed by atoms with Crippen molar-refractivity contribution in [3.8, 4) is 11.5 Å². The molecule has 0 aliphatic carbocycles. The lowest BCUT2D eigenvalue weighted by molar-refractivity contribution is -0.119. The number of rotatable bonds is 5. The molecule has 2 aromatic rings. The summed E-state index contributed by atoms with van der Waals surface area (Å²) in [5.41, 5.74) is 2.11. The summed E-state index contributed by atoms with van der Waals surface area (Å²) in [6.45, 7) is 3.58. The summed E-state index contributed by atoms with van der Waals surface area (Å²) >= 11 is 1.28. The number of nitrogens with zero attached hydrogens (tertiary/aromatic N) is 3. The lowest BCUT2D eigenvalue weighted by Gasteiger charge is -2.30. The van der Waals surface area contributed by atoms with Gasteiger partial charge in [-0.15, -0.1) is 0 Å². The predicted octanol–water partition coefficient (Wildman–Crippen LogP) is 3.44. The molecule has 2 atom stereocenters. The molecule has 160 valence electrons. The highest BCUT2D eigenvalue weighted by atomic mass is 32.2. The predicted molar refractivity (Wildman–Crippen MR) is 122 cm³/mol. The molecule has 0 fully saturated rings. The Hall–Kier alpha value is -3.33. The van der Waals surface area contributed by atoms with E-state index in [0.29, 0.717) is 28.2 Å². The molecule has 0 spiro atoms. The Morgan fingerprint density at radius 3 is 2.48 bits per heavy atom. The van der Waals surface area contributed by atoms with Crippen molar-refractivity contribution in [1.29, 1.82) is 0 Å². The molecule has 1 N–H and O–H groups in total. The fourth-order valence-corrected chi connectivity index (χ4v) is 4.32. The van der Waals surface area contributed by atoms with Gasteiger partial charge in [-0.1, -0.05) is 23.9 Å². The van der Waals surface area contributed by atoms with Crippen LogP contribution in [-0.2, 0) is 9.59 Å². The maximum absolute atomic E-state index is 12.9. The van der Waals surface area contributed by atoms with Crippen molar-refractivity contribution in [2.75, 3.05) is 19.5 Å². The molecule has 2 heterocycles. The molecule has 0 bridgehead atoms. The Kier molecular flexibility index (Phi) is 5.69. The molecule has 8 nitrogen and oxygen atoms in total. The molecule has 4 rings (SSSR count). The SMILES string of the molecule is COc1cc(NC(=O)C(C)SC2=Nc3ccccc3C3=NC(=O)C(C)N23)cc(OC)c1. The van der Waals surface area contributed by atoms with Crippen LogP contribution in [0.25, 0.3) is 0 Å². The Morgan fingerprint density at radius 2 is 1.81 bits per heavy atom. The molecule has 0 saturated heterocycles. The highest BCUT2D eigenvalue weighted by Crippen LogP contribution is 2.35. The van der Waals surface area contributed by atoms with Gasteiger partial charge in [0.05, 0.1) is 25.2 Å². The normalized spacial score (nSPS) is 17.9. The monoisotopic (exact) mass is 438 g/mol. The largest absolute Gasteiger partial charge is 0.497 e. The van der Waals surface area contributed by atoms with Crippen LogP contribution in [0.3, 0.4) is 0 Å². The number of nitrogens with one attached hydrogen (secondary N) is 1. The average molecular weight is 439 g/mol. The second-order valence-electron chi connectivity index (χ2n) is 7.08. The van der Waals surface area contributed by atoms with Crippen molar-refractivity contribution in [3.05, 3.63) is 48.0 Å². The average Bonchev–Trinajstić information content (AvgIpc) is 3.08. The van der Waals surface area contributed by atoms with E-state index < -0.39 is 11.3 Å². The first kappa shape index (κ1) is 20.9. The fraction of sp³-hybridized carbons (Fsp3) is 0.273. The molecule has 2 aromatic carbocycles. The molecular formula is C22H22N4O4S. The topological polar surface area (TPSA) is 92.6 Å². The highest BCUT2D eigenvalue weighted by molar-refractivity contribution is 8.14. The second-order valence-corrected chi connectivity index (χ2v) is 8.39. The zero-order valence-electron chi connectivity index (χ0n) is 17.6. The Morgan fingerprint density at radius 1 is 1.13 bits per heavy atom. The van der Waals surface area contributed by atoms with Crippen molar-refractivity contribution < 1.29 is 19.1 Å². The van der Waals surface area contributed by atoms with Gasteiger partial charge >= 0.3 is 0 Å². The minimum Gasteiger partial charge on any atom is -0.497 e. The lowest BCUT2D eigenvalue weighted by Crippen LogP contribution is -2.43. The molecule has 2 amide bonds. The van der Waals surface area contributed by atoms with E-state index in [1.807, 2.05) is 24.3 Å². The van der Waals surface area contributed by atoms with Gasteiger partial charge in [-0.2, -0.15) is 4.99 Å². The summed E-state index contributed by atoms with van der Waals surface area (Å²) in [7, 11) is 3.10. The van der Waals surface area contributed by atoms with Gasteiger partial charge in [0.1, 0.15) is 23.4 Å². The summed E-state index contributed by atoms with van der Waals surface area (Å²) in [5, 5.41) is 2.98. The Labute approximate surface area is 184 Å². The number of carbonyl (C=O) groups is 2. The molecule has 31 heavy (non-hydrogen) atoms. The van der Waals surface area contributed by atoms with E-state index in [2.05, 4.69) is 10.3 Å². The number of methoxy groups -OCH3 is 2. The molecule has 2 aliphatic heterocycles. The molecular weight excluding hydrogens is 416 g/mol. The number of aliphatic imine (C=N–C) groups is 2. The van der Waals surface area contributed by atoms with Crippen LogP contribution < -0.4 is 14.8 Å². The summed E-state index contributed by atoms with van der Waals surface area (Å²) < 4.78 is 10.5. The first-order valence-corrected chi connectivity index (χ1v) is 10.6. The van der Waals surface area contributed by atoms with E-state index in [4.69, 9.17) is 14.5 Å². The number of benzene rings is 2. The van der Waals surface area contributed by atoms with E-state index in [0.717, 1.165) is 11.3 Å². The van der Waals surface area contributed by atoms with E-state index in [9.17, 15) is 9.59 Å². The van der Waals surface area contributed by atoms with E-state index in [1.165, 1.54) is 11.8 Å². The smallest absolute Gasteiger partial charge is 0.270 e. The number of hydrogen-bond donors (Lipinski definition) is 1. The lowest BCUT2D eigenvalue weighted by atomic mass is 10.1. The molecule has 2 unspecified atom stereocenters. The maximum Gasteiger partial charge on any atom is 0.270 e.